The van der Waals surface area contributed by atoms with E-state index in [2.05, 4.69) is 10.3 Å². The first-order chi connectivity index (χ1) is 13.7. The molecule has 0 saturated carbocycles. The molecule has 1 amide bonds. The van der Waals surface area contributed by atoms with Crippen molar-refractivity contribution in [3.63, 3.8) is 0 Å². The van der Waals surface area contributed by atoms with E-state index in [4.69, 9.17) is 0 Å². The first kappa shape index (κ1) is 17.9. The van der Waals surface area contributed by atoms with Gasteiger partial charge < -0.3 is 5.32 Å². The Morgan fingerprint density at radius 3 is 2.11 bits per heavy atom. The first-order valence-electron chi connectivity index (χ1n) is 9.19. The molecule has 0 fully saturated rings. The van der Waals surface area contributed by atoms with Crippen LogP contribution in [0.4, 0.5) is 10.1 Å². The average Bonchev–Trinajstić information content (AvgIpc) is 3.00. The van der Waals surface area contributed by atoms with E-state index in [-0.39, 0.29) is 11.7 Å². The highest BCUT2D eigenvalue weighted by Gasteiger charge is 2.34. The summed E-state index contributed by atoms with van der Waals surface area (Å²) in [6, 6.07) is 25.2. The molecule has 0 unspecified atom stereocenters. The van der Waals surface area contributed by atoms with Gasteiger partial charge in [0.05, 0.1) is 6.54 Å². The lowest BCUT2D eigenvalue weighted by Crippen LogP contribution is -2.38. The molecule has 4 rings (SSSR count). The molecule has 28 heavy (non-hydrogen) atoms. The standard InChI is InChI=1S/C23H20FN3O/c24-19-11-13-20(14-12-19)25-23-26-21(15-17-7-3-1-4-8-17)22(28)27(23)16-18-9-5-2-6-10-18/h1-14,21H,15-16H2,(H,25,26)/t21-/m0/s1. The zero-order valence-corrected chi connectivity index (χ0v) is 15.3. The van der Waals surface area contributed by atoms with E-state index in [9.17, 15) is 9.18 Å². The van der Waals surface area contributed by atoms with Gasteiger partial charge in [-0.05, 0) is 35.4 Å². The third kappa shape index (κ3) is 4.09. The van der Waals surface area contributed by atoms with Crippen LogP contribution in [0.15, 0.2) is 89.9 Å². The highest BCUT2D eigenvalue weighted by Crippen LogP contribution is 2.20. The second kappa shape index (κ2) is 8.05. The number of hydrogen-bond donors (Lipinski definition) is 1. The highest BCUT2D eigenvalue weighted by atomic mass is 19.1. The molecule has 0 saturated heterocycles. The van der Waals surface area contributed by atoms with Crippen molar-refractivity contribution in [2.24, 2.45) is 4.99 Å². The Morgan fingerprint density at radius 1 is 0.857 bits per heavy atom. The van der Waals surface area contributed by atoms with Gasteiger partial charge in [0.1, 0.15) is 11.9 Å². The van der Waals surface area contributed by atoms with Crippen LogP contribution in [0.3, 0.4) is 0 Å². The average molecular weight is 373 g/mol. The Labute approximate surface area is 163 Å². The normalized spacial score (nSPS) is 16.2. The third-order valence-electron chi connectivity index (χ3n) is 4.64. The van der Waals surface area contributed by atoms with Crippen molar-refractivity contribution in [2.75, 3.05) is 5.32 Å². The van der Waals surface area contributed by atoms with Gasteiger partial charge in [-0.3, -0.25) is 9.69 Å². The number of nitrogens with zero attached hydrogens (tertiary/aromatic N) is 2. The fourth-order valence-corrected chi connectivity index (χ4v) is 3.21. The van der Waals surface area contributed by atoms with Gasteiger partial charge in [-0.25, -0.2) is 9.38 Å². The molecule has 1 N–H and O–H groups in total. The Hall–Kier alpha value is -3.47. The number of halogens is 1. The quantitative estimate of drug-likeness (QED) is 0.727. The predicted molar refractivity (Wildman–Crippen MR) is 108 cm³/mol. The van der Waals surface area contributed by atoms with Crippen molar-refractivity contribution in [3.8, 4) is 0 Å². The molecule has 0 spiro atoms. The number of anilines is 1. The number of carbonyl (C=O) groups is 1. The van der Waals surface area contributed by atoms with Crippen LogP contribution >= 0.6 is 0 Å². The molecule has 4 nitrogen and oxygen atoms in total. The molecule has 0 bridgehead atoms. The molecule has 5 heteroatoms. The van der Waals surface area contributed by atoms with E-state index >= 15 is 0 Å². The van der Waals surface area contributed by atoms with Crippen molar-refractivity contribution in [1.82, 2.24) is 4.90 Å². The number of benzene rings is 3. The molecule has 3 aromatic carbocycles. The lowest BCUT2D eigenvalue weighted by atomic mass is 10.1. The molecule has 1 aliphatic heterocycles. The van der Waals surface area contributed by atoms with E-state index < -0.39 is 6.04 Å². The minimum Gasteiger partial charge on any atom is -0.326 e. The van der Waals surface area contributed by atoms with Crippen LogP contribution in [0.25, 0.3) is 0 Å². The summed E-state index contributed by atoms with van der Waals surface area (Å²) in [5.41, 5.74) is 2.77. The van der Waals surface area contributed by atoms with E-state index in [0.717, 1.165) is 11.1 Å². The topological polar surface area (TPSA) is 44.7 Å². The molecule has 0 aliphatic carbocycles. The number of amides is 1. The zero-order valence-electron chi connectivity index (χ0n) is 15.3. The summed E-state index contributed by atoms with van der Waals surface area (Å²) >= 11 is 0. The largest absolute Gasteiger partial charge is 0.326 e. The second-order valence-electron chi connectivity index (χ2n) is 6.70. The highest BCUT2D eigenvalue weighted by molar-refractivity contribution is 6.10. The fourth-order valence-electron chi connectivity index (χ4n) is 3.21. The Kier molecular flexibility index (Phi) is 5.15. The van der Waals surface area contributed by atoms with Gasteiger partial charge in [-0.15, -0.1) is 0 Å². The van der Waals surface area contributed by atoms with Gasteiger partial charge in [0.2, 0.25) is 5.96 Å². The van der Waals surface area contributed by atoms with Gasteiger partial charge in [0.15, 0.2) is 0 Å². The van der Waals surface area contributed by atoms with Crippen LogP contribution in [-0.2, 0) is 17.8 Å². The van der Waals surface area contributed by atoms with Gasteiger partial charge in [0, 0.05) is 12.1 Å². The number of rotatable bonds is 5. The molecule has 0 aromatic heterocycles. The maximum absolute atomic E-state index is 13.2. The van der Waals surface area contributed by atoms with Crippen LogP contribution in [0.1, 0.15) is 11.1 Å². The molecule has 1 aliphatic rings. The van der Waals surface area contributed by atoms with Crippen molar-refractivity contribution in [3.05, 3.63) is 102 Å². The number of guanidine groups is 1. The third-order valence-corrected chi connectivity index (χ3v) is 4.64. The van der Waals surface area contributed by atoms with Gasteiger partial charge in [-0.1, -0.05) is 60.7 Å². The van der Waals surface area contributed by atoms with Crippen molar-refractivity contribution in [1.29, 1.82) is 0 Å². The fraction of sp³-hybridized carbons (Fsp3) is 0.130. The van der Waals surface area contributed by atoms with Crippen molar-refractivity contribution >= 4 is 17.6 Å². The first-order valence-corrected chi connectivity index (χ1v) is 9.19. The van der Waals surface area contributed by atoms with Crippen LogP contribution in [0, 0.1) is 5.82 Å². The molecule has 3 aromatic rings. The van der Waals surface area contributed by atoms with Gasteiger partial charge in [0.25, 0.3) is 5.91 Å². The summed E-state index contributed by atoms with van der Waals surface area (Å²) in [5.74, 6) is 0.136. The van der Waals surface area contributed by atoms with Gasteiger partial charge in [-0.2, -0.15) is 0 Å². The van der Waals surface area contributed by atoms with Crippen LogP contribution in [0.5, 0.6) is 0 Å². The summed E-state index contributed by atoms with van der Waals surface area (Å²) in [7, 11) is 0. The summed E-state index contributed by atoms with van der Waals surface area (Å²) in [6.07, 6.45) is 0.541. The van der Waals surface area contributed by atoms with Crippen molar-refractivity contribution in [2.45, 2.75) is 19.0 Å². The monoisotopic (exact) mass is 373 g/mol. The summed E-state index contributed by atoms with van der Waals surface area (Å²) in [6.45, 7) is 0.429. The van der Waals surface area contributed by atoms with Crippen LogP contribution < -0.4 is 5.32 Å². The minimum atomic E-state index is -0.478. The maximum atomic E-state index is 13.2. The Morgan fingerprint density at radius 2 is 1.46 bits per heavy atom. The SMILES string of the molecule is O=C1[C@H](Cc2ccccc2)N=C(Nc2ccc(F)cc2)N1Cc1ccccc1. The van der Waals surface area contributed by atoms with E-state index in [1.807, 2.05) is 60.7 Å². The number of nitrogens with one attached hydrogen (secondary N) is 1. The lowest BCUT2D eigenvalue weighted by molar-refractivity contribution is -0.127. The van der Waals surface area contributed by atoms with Crippen LogP contribution in [0.2, 0.25) is 0 Å². The summed E-state index contributed by atoms with van der Waals surface area (Å²) in [4.78, 5) is 19.4. The molecule has 140 valence electrons. The molecule has 1 atom stereocenters. The maximum Gasteiger partial charge on any atom is 0.254 e. The van der Waals surface area contributed by atoms with Crippen LogP contribution in [-0.4, -0.2) is 22.8 Å². The predicted octanol–water partition coefficient (Wildman–Crippen LogP) is 4.25. The molecule has 0 radical (unpaired) electrons. The lowest BCUT2D eigenvalue weighted by Gasteiger charge is -2.20. The van der Waals surface area contributed by atoms with E-state index in [0.29, 0.717) is 24.6 Å². The summed E-state index contributed by atoms with van der Waals surface area (Å²) < 4.78 is 13.2. The van der Waals surface area contributed by atoms with E-state index in [1.54, 1.807) is 17.0 Å². The molecular formula is C23H20FN3O. The summed E-state index contributed by atoms with van der Waals surface area (Å²) in [5, 5.41) is 3.17. The number of hydrogen-bond acceptors (Lipinski definition) is 3. The molecule has 1 heterocycles. The second-order valence-corrected chi connectivity index (χ2v) is 6.70. The van der Waals surface area contributed by atoms with Crippen molar-refractivity contribution < 1.29 is 9.18 Å². The van der Waals surface area contributed by atoms with Gasteiger partial charge >= 0.3 is 0 Å². The molecular weight excluding hydrogens is 353 g/mol. The zero-order chi connectivity index (χ0) is 19.3. The minimum absolute atomic E-state index is 0.0442. The van der Waals surface area contributed by atoms with E-state index in [1.165, 1.54) is 12.1 Å². The smallest absolute Gasteiger partial charge is 0.254 e. The Balaban J connectivity index is 1.59. The number of aliphatic imine (C=N–C) groups is 1. The Bertz CT molecular complexity index is 972. The number of carbonyl (C=O) groups excluding carboxylic acids is 1.